The fraction of sp³-hybridized carbons (Fsp3) is 0.0455. The summed E-state index contributed by atoms with van der Waals surface area (Å²) >= 11 is 12.8. The minimum absolute atomic E-state index is 0.0736. The lowest BCUT2D eigenvalue weighted by molar-refractivity contribution is -0.113. The summed E-state index contributed by atoms with van der Waals surface area (Å²) in [4.78, 5) is 26.5. The predicted octanol–water partition coefficient (Wildman–Crippen LogP) is 6.21. The molecule has 0 saturated carbocycles. The van der Waals surface area contributed by atoms with Gasteiger partial charge in [0, 0.05) is 17.2 Å². The molecule has 0 spiro atoms. The second kappa shape index (κ2) is 7.99. The number of anilines is 1. The van der Waals surface area contributed by atoms with Gasteiger partial charge in [0.05, 0.1) is 15.6 Å². The number of Topliss-reactive ketones (excluding diaryl/α,β-unsaturated/α-hetero) is 1. The molecule has 0 aliphatic carbocycles. The van der Waals surface area contributed by atoms with Gasteiger partial charge in [0.15, 0.2) is 10.1 Å². The van der Waals surface area contributed by atoms with Crippen molar-refractivity contribution < 1.29 is 14.0 Å². The smallest absolute Gasteiger partial charge is 0.270 e. The van der Waals surface area contributed by atoms with Crippen LogP contribution in [0.4, 0.5) is 5.69 Å². The van der Waals surface area contributed by atoms with Gasteiger partial charge in [-0.15, -0.1) is 0 Å². The summed E-state index contributed by atoms with van der Waals surface area (Å²) in [6.45, 7) is 1.48. The van der Waals surface area contributed by atoms with Crippen LogP contribution in [0.25, 0.3) is 17.4 Å². The molecule has 7 heteroatoms. The number of nitrogens with zero attached hydrogens (tertiary/aromatic N) is 1. The topological polar surface area (TPSA) is 50.5 Å². The zero-order valence-electron chi connectivity index (χ0n) is 15.2. The third-order valence-corrected chi connectivity index (χ3v) is 5.98. The van der Waals surface area contributed by atoms with Crippen LogP contribution in [-0.4, -0.2) is 16.0 Å². The molecular formula is C22H14ClNO3S2. The fourth-order valence-electron chi connectivity index (χ4n) is 2.92. The molecule has 0 radical (unpaired) electrons. The number of carbonyl (C=O) groups excluding carboxylic acids is 2. The van der Waals surface area contributed by atoms with Crippen molar-refractivity contribution in [3.63, 3.8) is 0 Å². The largest absolute Gasteiger partial charge is 0.457 e. The first-order chi connectivity index (χ1) is 13.9. The first kappa shape index (κ1) is 19.6. The molecule has 29 heavy (non-hydrogen) atoms. The molecule has 0 unspecified atom stereocenters. The van der Waals surface area contributed by atoms with E-state index in [-0.39, 0.29) is 11.7 Å². The van der Waals surface area contributed by atoms with Crippen LogP contribution >= 0.6 is 35.6 Å². The van der Waals surface area contributed by atoms with Crippen LogP contribution < -0.4 is 4.90 Å². The summed E-state index contributed by atoms with van der Waals surface area (Å²) in [5, 5.41) is 0.588. The molecule has 2 heterocycles. The summed E-state index contributed by atoms with van der Waals surface area (Å²) in [6.07, 6.45) is 1.66. The third kappa shape index (κ3) is 3.92. The number of halogens is 1. The molecule has 1 amide bonds. The molecule has 4 rings (SSSR count). The number of rotatable bonds is 4. The van der Waals surface area contributed by atoms with Crippen LogP contribution in [0.15, 0.2) is 70.0 Å². The highest BCUT2D eigenvalue weighted by Crippen LogP contribution is 2.37. The highest BCUT2D eigenvalue weighted by atomic mass is 35.5. The number of thiocarbonyl (C=S) groups is 1. The van der Waals surface area contributed by atoms with Crippen LogP contribution in [0.1, 0.15) is 23.0 Å². The lowest BCUT2D eigenvalue weighted by atomic mass is 10.1. The molecule has 4 nitrogen and oxygen atoms in total. The van der Waals surface area contributed by atoms with Crippen LogP contribution in [-0.2, 0) is 4.79 Å². The predicted molar refractivity (Wildman–Crippen MR) is 121 cm³/mol. The quantitative estimate of drug-likeness (QED) is 0.275. The van der Waals surface area contributed by atoms with Crippen LogP contribution in [0.5, 0.6) is 0 Å². The standard InChI is InChI=1S/C22H14ClNO3S2/c1-13(25)14-5-4-6-15(11-14)24-21(26)20(29-22(24)28)12-16-9-10-19(27-16)17-7-2-3-8-18(17)23/h2-12H,1H3. The first-order valence-electron chi connectivity index (χ1n) is 8.68. The van der Waals surface area contributed by atoms with Gasteiger partial charge >= 0.3 is 0 Å². The Labute approximate surface area is 182 Å². The van der Waals surface area contributed by atoms with E-state index in [1.807, 2.05) is 24.3 Å². The second-order valence-electron chi connectivity index (χ2n) is 6.31. The molecule has 1 saturated heterocycles. The molecule has 144 valence electrons. The van der Waals surface area contributed by atoms with Gasteiger partial charge in [0.2, 0.25) is 0 Å². The Balaban J connectivity index is 1.63. The van der Waals surface area contributed by atoms with Gasteiger partial charge in [0.1, 0.15) is 11.5 Å². The van der Waals surface area contributed by atoms with Crippen LogP contribution in [0.2, 0.25) is 5.02 Å². The van der Waals surface area contributed by atoms with Crippen molar-refractivity contribution in [2.24, 2.45) is 0 Å². The summed E-state index contributed by atoms with van der Waals surface area (Å²) in [7, 11) is 0. The molecule has 0 atom stereocenters. The Bertz CT molecular complexity index is 1180. The van der Waals surface area contributed by atoms with Gasteiger partial charge in [-0.3, -0.25) is 14.5 Å². The van der Waals surface area contributed by atoms with E-state index in [4.69, 9.17) is 28.2 Å². The highest BCUT2D eigenvalue weighted by molar-refractivity contribution is 8.27. The van der Waals surface area contributed by atoms with Crippen molar-refractivity contribution in [2.75, 3.05) is 4.90 Å². The van der Waals surface area contributed by atoms with E-state index in [1.54, 1.807) is 42.5 Å². The van der Waals surface area contributed by atoms with Gasteiger partial charge in [-0.25, -0.2) is 0 Å². The Morgan fingerprint density at radius 2 is 1.93 bits per heavy atom. The molecule has 0 N–H and O–H groups in total. The number of hydrogen-bond donors (Lipinski definition) is 0. The first-order valence-corrected chi connectivity index (χ1v) is 10.3. The number of amides is 1. The fourth-order valence-corrected chi connectivity index (χ4v) is 4.43. The zero-order valence-corrected chi connectivity index (χ0v) is 17.6. The average molecular weight is 440 g/mol. The van der Waals surface area contributed by atoms with E-state index in [2.05, 4.69) is 0 Å². The van der Waals surface area contributed by atoms with Gasteiger partial charge < -0.3 is 4.42 Å². The minimum Gasteiger partial charge on any atom is -0.457 e. The SMILES string of the molecule is CC(=O)c1cccc(N2C(=O)C(=Cc3ccc(-c4ccccc4Cl)o3)SC2=S)c1. The molecule has 2 aromatic carbocycles. The molecular weight excluding hydrogens is 426 g/mol. The van der Waals surface area contributed by atoms with E-state index in [1.165, 1.54) is 23.6 Å². The summed E-state index contributed by atoms with van der Waals surface area (Å²) in [5.41, 5.74) is 1.87. The van der Waals surface area contributed by atoms with Gasteiger partial charge in [-0.2, -0.15) is 0 Å². The maximum atomic E-state index is 12.9. The van der Waals surface area contributed by atoms with Gasteiger partial charge in [0.25, 0.3) is 5.91 Å². The average Bonchev–Trinajstić information content (AvgIpc) is 3.27. The lowest BCUT2D eigenvalue weighted by Crippen LogP contribution is -2.27. The Hall–Kier alpha value is -2.67. The Kier molecular flexibility index (Phi) is 5.41. The molecule has 3 aromatic rings. The van der Waals surface area contributed by atoms with Crippen molar-refractivity contribution in [3.8, 4) is 11.3 Å². The number of ketones is 1. The number of thioether (sulfide) groups is 1. The highest BCUT2D eigenvalue weighted by Gasteiger charge is 2.33. The number of furan rings is 1. The van der Waals surface area contributed by atoms with Crippen molar-refractivity contribution >= 4 is 63.4 Å². The number of carbonyl (C=O) groups is 2. The van der Waals surface area contributed by atoms with Gasteiger partial charge in [-0.05, 0) is 43.3 Å². The van der Waals surface area contributed by atoms with E-state index in [0.29, 0.717) is 37.0 Å². The summed E-state index contributed by atoms with van der Waals surface area (Å²) < 4.78 is 6.26. The minimum atomic E-state index is -0.253. The summed E-state index contributed by atoms with van der Waals surface area (Å²) in [6, 6.07) is 17.8. The number of benzene rings is 2. The maximum Gasteiger partial charge on any atom is 0.270 e. The van der Waals surface area contributed by atoms with Crippen molar-refractivity contribution in [1.82, 2.24) is 0 Å². The van der Waals surface area contributed by atoms with Crippen molar-refractivity contribution in [1.29, 1.82) is 0 Å². The van der Waals surface area contributed by atoms with Crippen LogP contribution in [0.3, 0.4) is 0 Å². The van der Waals surface area contributed by atoms with Crippen LogP contribution in [0, 0.1) is 0 Å². The third-order valence-electron chi connectivity index (χ3n) is 4.34. The molecule has 1 fully saturated rings. The van der Waals surface area contributed by atoms with Crippen molar-refractivity contribution in [2.45, 2.75) is 6.92 Å². The molecule has 1 aliphatic rings. The normalized spacial score (nSPS) is 15.4. The van der Waals surface area contributed by atoms with Crippen molar-refractivity contribution in [3.05, 3.63) is 81.9 Å². The van der Waals surface area contributed by atoms with E-state index in [0.717, 1.165) is 5.56 Å². The van der Waals surface area contributed by atoms with E-state index >= 15 is 0 Å². The second-order valence-corrected chi connectivity index (χ2v) is 8.39. The lowest BCUT2D eigenvalue weighted by Gasteiger charge is -2.15. The Morgan fingerprint density at radius 1 is 1.14 bits per heavy atom. The van der Waals surface area contributed by atoms with Gasteiger partial charge in [-0.1, -0.05) is 59.8 Å². The molecule has 1 aliphatic heterocycles. The number of hydrogen-bond acceptors (Lipinski definition) is 5. The van der Waals surface area contributed by atoms with E-state index in [9.17, 15) is 9.59 Å². The monoisotopic (exact) mass is 439 g/mol. The molecule has 1 aromatic heterocycles. The summed E-state index contributed by atoms with van der Waals surface area (Å²) in [5.74, 6) is 0.816. The van der Waals surface area contributed by atoms with E-state index < -0.39 is 0 Å². The Morgan fingerprint density at radius 3 is 2.69 bits per heavy atom. The zero-order chi connectivity index (χ0) is 20.5. The molecule has 0 bridgehead atoms. The maximum absolute atomic E-state index is 12.9.